The number of ether oxygens (including phenoxy) is 2. The number of carbonyl (C=O) groups excluding carboxylic acids is 2. The number of hydrogen-bond donors (Lipinski definition) is 2. The van der Waals surface area contributed by atoms with Gasteiger partial charge in [0.05, 0.1) is 13.2 Å². The van der Waals surface area contributed by atoms with Gasteiger partial charge in [0.15, 0.2) is 0 Å². The van der Waals surface area contributed by atoms with Gasteiger partial charge in [0.2, 0.25) is 0 Å². The lowest BCUT2D eigenvalue weighted by molar-refractivity contribution is -0.139. The van der Waals surface area contributed by atoms with Crippen LogP contribution in [0.4, 0.5) is 0 Å². The van der Waals surface area contributed by atoms with Gasteiger partial charge in [-0.3, -0.25) is 0 Å². The van der Waals surface area contributed by atoms with Crippen LogP contribution >= 0.6 is 0 Å². The molecular formula is C16H28O6. The summed E-state index contributed by atoms with van der Waals surface area (Å²) in [5.41, 5.74) is 0.387. The van der Waals surface area contributed by atoms with E-state index in [1.54, 1.807) is 6.92 Å². The fourth-order valence-corrected chi connectivity index (χ4v) is 1.15. The normalized spacial score (nSPS) is 9.23. The van der Waals surface area contributed by atoms with Gasteiger partial charge < -0.3 is 19.7 Å². The highest BCUT2D eigenvalue weighted by atomic mass is 16.5. The molecule has 0 heterocycles. The van der Waals surface area contributed by atoms with Gasteiger partial charge in [-0.2, -0.15) is 0 Å². The van der Waals surface area contributed by atoms with Gasteiger partial charge >= 0.3 is 11.9 Å². The van der Waals surface area contributed by atoms with Crippen LogP contribution in [0, 0.1) is 0 Å². The second kappa shape index (κ2) is 17.4. The SMILES string of the molecule is C=C(C)C(=O)OCCCO.C=CC(=O)OCCCCCCO. The molecule has 0 rings (SSSR count). The van der Waals surface area contributed by atoms with Crippen molar-refractivity contribution in [2.24, 2.45) is 0 Å². The average Bonchev–Trinajstić information content (AvgIpc) is 2.51. The van der Waals surface area contributed by atoms with Crippen molar-refractivity contribution < 1.29 is 29.3 Å². The number of hydrogen-bond acceptors (Lipinski definition) is 6. The highest BCUT2D eigenvalue weighted by molar-refractivity contribution is 5.86. The first kappa shape index (κ1) is 22.6. The fourth-order valence-electron chi connectivity index (χ4n) is 1.15. The van der Waals surface area contributed by atoms with Crippen LogP contribution in [-0.4, -0.2) is 48.6 Å². The first-order valence-corrected chi connectivity index (χ1v) is 7.33. The lowest BCUT2D eigenvalue weighted by atomic mass is 10.2. The molecule has 6 nitrogen and oxygen atoms in total. The van der Waals surface area contributed by atoms with Gasteiger partial charge in [-0.15, -0.1) is 0 Å². The summed E-state index contributed by atoms with van der Waals surface area (Å²) >= 11 is 0. The molecule has 0 bridgehead atoms. The van der Waals surface area contributed by atoms with E-state index in [0.29, 0.717) is 18.6 Å². The van der Waals surface area contributed by atoms with E-state index in [1.165, 1.54) is 0 Å². The van der Waals surface area contributed by atoms with Gasteiger partial charge in [0.1, 0.15) is 0 Å². The molecule has 0 aromatic heterocycles. The Hall–Kier alpha value is -1.66. The monoisotopic (exact) mass is 316 g/mol. The van der Waals surface area contributed by atoms with Crippen LogP contribution in [0.15, 0.2) is 24.8 Å². The maximum absolute atomic E-state index is 10.6. The van der Waals surface area contributed by atoms with Crippen LogP contribution in [0.5, 0.6) is 0 Å². The van der Waals surface area contributed by atoms with Gasteiger partial charge in [0.25, 0.3) is 0 Å². The summed E-state index contributed by atoms with van der Waals surface area (Å²) in [5.74, 6) is -0.759. The molecule has 0 saturated carbocycles. The second-order valence-corrected chi connectivity index (χ2v) is 4.50. The zero-order valence-corrected chi connectivity index (χ0v) is 13.4. The Morgan fingerprint density at radius 2 is 1.50 bits per heavy atom. The molecule has 0 aliphatic heterocycles. The standard InChI is InChI=1S/C9H16O3.C7H12O3/c1-2-9(11)12-8-6-4-3-5-7-10;1-6(2)7(9)10-5-3-4-8/h2,10H,1,3-8H2;8H,1,3-5H2,2H3. The Labute approximate surface area is 132 Å². The zero-order chi connectivity index (χ0) is 17.2. The molecule has 22 heavy (non-hydrogen) atoms. The van der Waals surface area contributed by atoms with Crippen molar-refractivity contribution in [3.8, 4) is 0 Å². The third kappa shape index (κ3) is 18.3. The lowest BCUT2D eigenvalue weighted by Crippen LogP contribution is -2.06. The van der Waals surface area contributed by atoms with Gasteiger partial charge in [0, 0.05) is 31.3 Å². The predicted octanol–water partition coefficient (Wildman–Crippen LogP) is 1.76. The third-order valence-electron chi connectivity index (χ3n) is 2.35. The Kier molecular flexibility index (Phi) is 17.9. The summed E-state index contributed by atoms with van der Waals surface area (Å²) < 4.78 is 9.40. The van der Waals surface area contributed by atoms with E-state index < -0.39 is 5.97 Å². The minimum absolute atomic E-state index is 0.0451. The molecule has 0 aromatic rings. The smallest absolute Gasteiger partial charge is 0.333 e. The summed E-state index contributed by atoms with van der Waals surface area (Å²) in [6, 6.07) is 0. The van der Waals surface area contributed by atoms with Crippen LogP contribution in [0.25, 0.3) is 0 Å². The second-order valence-electron chi connectivity index (χ2n) is 4.50. The molecule has 128 valence electrons. The van der Waals surface area contributed by atoms with Crippen molar-refractivity contribution >= 4 is 11.9 Å². The van der Waals surface area contributed by atoms with Crippen molar-refractivity contribution in [3.63, 3.8) is 0 Å². The van der Waals surface area contributed by atoms with E-state index in [2.05, 4.69) is 17.9 Å². The van der Waals surface area contributed by atoms with Crippen LogP contribution < -0.4 is 0 Å². The Morgan fingerprint density at radius 1 is 0.955 bits per heavy atom. The molecule has 0 aromatic carbocycles. The number of esters is 2. The van der Waals surface area contributed by atoms with Crippen LogP contribution in [0.1, 0.15) is 39.0 Å². The summed E-state index contributed by atoms with van der Waals surface area (Å²) in [6.45, 7) is 9.27. The molecule has 2 N–H and O–H groups in total. The molecule has 0 saturated heterocycles. The van der Waals surface area contributed by atoms with Crippen molar-refractivity contribution in [1.82, 2.24) is 0 Å². The molecule has 0 radical (unpaired) electrons. The number of aliphatic hydroxyl groups is 2. The molecular weight excluding hydrogens is 288 g/mol. The average molecular weight is 316 g/mol. The number of aliphatic hydroxyl groups excluding tert-OH is 2. The minimum Gasteiger partial charge on any atom is -0.463 e. The van der Waals surface area contributed by atoms with E-state index in [4.69, 9.17) is 14.9 Å². The first-order chi connectivity index (χ1) is 10.5. The topological polar surface area (TPSA) is 93.1 Å². The summed E-state index contributed by atoms with van der Waals surface area (Å²) in [5, 5.41) is 16.8. The van der Waals surface area contributed by atoms with E-state index in [-0.39, 0.29) is 25.8 Å². The van der Waals surface area contributed by atoms with Crippen molar-refractivity contribution in [2.45, 2.75) is 39.0 Å². The molecule has 0 aliphatic rings. The Balaban J connectivity index is 0. The van der Waals surface area contributed by atoms with Crippen molar-refractivity contribution in [3.05, 3.63) is 24.8 Å². The molecule has 6 heteroatoms. The van der Waals surface area contributed by atoms with Crippen LogP contribution in [0.3, 0.4) is 0 Å². The number of rotatable bonds is 11. The van der Waals surface area contributed by atoms with E-state index in [9.17, 15) is 9.59 Å². The van der Waals surface area contributed by atoms with E-state index in [1.807, 2.05) is 0 Å². The molecule has 0 fully saturated rings. The van der Waals surface area contributed by atoms with Crippen molar-refractivity contribution in [2.75, 3.05) is 26.4 Å². The van der Waals surface area contributed by atoms with Gasteiger partial charge in [-0.1, -0.05) is 19.6 Å². The molecule has 0 atom stereocenters. The van der Waals surface area contributed by atoms with Gasteiger partial charge in [-0.05, 0) is 26.2 Å². The number of carbonyl (C=O) groups is 2. The highest BCUT2D eigenvalue weighted by Crippen LogP contribution is 1.99. The first-order valence-electron chi connectivity index (χ1n) is 7.33. The quantitative estimate of drug-likeness (QED) is 0.343. The lowest BCUT2D eigenvalue weighted by Gasteiger charge is -2.00. The maximum Gasteiger partial charge on any atom is 0.333 e. The third-order valence-corrected chi connectivity index (χ3v) is 2.35. The predicted molar refractivity (Wildman–Crippen MR) is 84.2 cm³/mol. The van der Waals surface area contributed by atoms with Gasteiger partial charge in [-0.25, -0.2) is 9.59 Å². The van der Waals surface area contributed by atoms with Crippen molar-refractivity contribution in [1.29, 1.82) is 0 Å². The molecule has 0 unspecified atom stereocenters. The number of unbranched alkanes of at least 4 members (excludes halogenated alkanes) is 3. The van der Waals surface area contributed by atoms with Crippen LogP contribution in [-0.2, 0) is 19.1 Å². The van der Waals surface area contributed by atoms with E-state index in [0.717, 1.165) is 31.8 Å². The Morgan fingerprint density at radius 3 is 2.00 bits per heavy atom. The maximum atomic E-state index is 10.6. The van der Waals surface area contributed by atoms with Crippen LogP contribution in [0.2, 0.25) is 0 Å². The zero-order valence-electron chi connectivity index (χ0n) is 13.4. The minimum atomic E-state index is -0.395. The highest BCUT2D eigenvalue weighted by Gasteiger charge is 2.00. The molecule has 0 spiro atoms. The molecule has 0 aliphatic carbocycles. The summed E-state index contributed by atoms with van der Waals surface area (Å²) in [7, 11) is 0. The van der Waals surface area contributed by atoms with E-state index >= 15 is 0 Å². The fraction of sp³-hybridized carbons (Fsp3) is 0.625. The Bertz CT molecular complexity index is 325. The summed E-state index contributed by atoms with van der Waals surface area (Å²) in [6.07, 6.45) is 5.31. The molecule has 0 amide bonds. The summed E-state index contributed by atoms with van der Waals surface area (Å²) in [4.78, 5) is 21.1. The largest absolute Gasteiger partial charge is 0.463 e.